The van der Waals surface area contributed by atoms with Crippen molar-refractivity contribution in [2.75, 3.05) is 29.9 Å². The number of benzene rings is 1. The number of nitrogens with one attached hydrogen (secondary N) is 1. The monoisotopic (exact) mass is 503 g/mol. The Kier molecular flexibility index (Phi) is 7.73. The third-order valence-corrected chi connectivity index (χ3v) is 5.61. The van der Waals surface area contributed by atoms with Crippen LogP contribution in [0.5, 0.6) is 0 Å². The first-order valence-electron chi connectivity index (χ1n) is 11.4. The highest BCUT2D eigenvalue weighted by molar-refractivity contribution is 5.62. The minimum atomic E-state index is -4.42. The summed E-state index contributed by atoms with van der Waals surface area (Å²) in [7, 11) is 0. The van der Waals surface area contributed by atoms with Crippen molar-refractivity contribution in [2.45, 2.75) is 39.1 Å². The number of pyridine rings is 1. The Morgan fingerprint density at radius 3 is 2.78 bits per heavy atom. The van der Waals surface area contributed by atoms with E-state index < -0.39 is 17.6 Å². The summed E-state index contributed by atoms with van der Waals surface area (Å²) in [5, 5.41) is 11.0. The number of halogens is 4. The van der Waals surface area contributed by atoms with Crippen molar-refractivity contribution >= 4 is 23.1 Å². The fraction of sp³-hybridized carbons (Fsp3) is 0.375. The Labute approximate surface area is 205 Å². The molecule has 36 heavy (non-hydrogen) atoms. The lowest BCUT2D eigenvalue weighted by Gasteiger charge is -2.33. The summed E-state index contributed by atoms with van der Waals surface area (Å²) in [5.74, 6) is -0.336. The summed E-state index contributed by atoms with van der Waals surface area (Å²) in [6, 6.07) is 8.35. The van der Waals surface area contributed by atoms with Gasteiger partial charge in [-0.1, -0.05) is 13.0 Å². The van der Waals surface area contributed by atoms with Gasteiger partial charge in [-0.3, -0.25) is 4.98 Å². The van der Waals surface area contributed by atoms with E-state index in [0.29, 0.717) is 42.5 Å². The smallest absolute Gasteiger partial charge is 0.375 e. The Morgan fingerprint density at radius 1 is 1.19 bits per heavy atom. The Hall–Kier alpha value is -3.67. The van der Waals surface area contributed by atoms with Crippen LogP contribution in [0.25, 0.3) is 0 Å². The van der Waals surface area contributed by atoms with Crippen LogP contribution < -0.4 is 10.2 Å². The summed E-state index contributed by atoms with van der Waals surface area (Å²) in [5.41, 5.74) is 1.31. The first kappa shape index (κ1) is 25.4. The maximum atomic E-state index is 14.3. The minimum Gasteiger partial charge on any atom is -0.375 e. The molecule has 3 heterocycles. The molecule has 1 aromatic carbocycles. The summed E-state index contributed by atoms with van der Waals surface area (Å²) < 4.78 is 58.8. The molecule has 0 spiro atoms. The molecule has 1 aliphatic heterocycles. The Balaban J connectivity index is 1.41. The van der Waals surface area contributed by atoms with Crippen LogP contribution in [-0.4, -0.2) is 40.8 Å². The van der Waals surface area contributed by atoms with Crippen molar-refractivity contribution in [3.8, 4) is 0 Å². The van der Waals surface area contributed by atoms with E-state index in [1.54, 1.807) is 25.1 Å². The number of aromatic nitrogens is 3. The van der Waals surface area contributed by atoms with Crippen LogP contribution in [0.2, 0.25) is 0 Å². The molecule has 2 aromatic heterocycles. The number of aryl methyl sites for hydroxylation is 1. The molecule has 8 nitrogen and oxygen atoms in total. The quantitative estimate of drug-likeness (QED) is 0.315. The second-order valence-electron chi connectivity index (χ2n) is 8.23. The van der Waals surface area contributed by atoms with Crippen molar-refractivity contribution < 1.29 is 22.3 Å². The zero-order valence-electron chi connectivity index (χ0n) is 19.8. The zero-order valence-corrected chi connectivity index (χ0v) is 19.8. The first-order chi connectivity index (χ1) is 17.2. The summed E-state index contributed by atoms with van der Waals surface area (Å²) in [4.78, 5) is 14.4. The molecule has 1 saturated heterocycles. The van der Waals surface area contributed by atoms with Gasteiger partial charge in [-0.25, -0.2) is 9.37 Å². The lowest BCUT2D eigenvalue weighted by Crippen LogP contribution is -2.43. The SMILES string of the molecule is CCC1CN(c2nc(N=NCc3ccc(Nc4cccc(C(F)(F)F)c4)c(C)n3)ncc2F)CCO1. The van der Waals surface area contributed by atoms with Crippen molar-refractivity contribution in [1.82, 2.24) is 15.0 Å². The molecule has 0 amide bonds. The highest BCUT2D eigenvalue weighted by Gasteiger charge is 2.30. The van der Waals surface area contributed by atoms with Gasteiger partial charge in [0.15, 0.2) is 11.6 Å². The van der Waals surface area contributed by atoms with E-state index in [2.05, 4.69) is 30.5 Å². The third kappa shape index (κ3) is 6.30. The number of rotatable bonds is 7. The largest absolute Gasteiger partial charge is 0.416 e. The molecule has 1 unspecified atom stereocenters. The van der Waals surface area contributed by atoms with Gasteiger partial charge in [0.05, 0.1) is 41.5 Å². The molecule has 12 heteroatoms. The van der Waals surface area contributed by atoms with Gasteiger partial charge >= 0.3 is 6.18 Å². The van der Waals surface area contributed by atoms with Crippen molar-refractivity contribution in [3.05, 3.63) is 65.4 Å². The topological polar surface area (TPSA) is 87.9 Å². The number of alkyl halides is 3. The molecule has 4 rings (SSSR count). The molecular weight excluding hydrogens is 478 g/mol. The molecule has 0 bridgehead atoms. The van der Waals surface area contributed by atoms with E-state index >= 15 is 0 Å². The molecular formula is C24H25F4N7O. The van der Waals surface area contributed by atoms with E-state index in [1.165, 1.54) is 6.07 Å². The molecule has 0 radical (unpaired) electrons. The molecule has 1 atom stereocenters. The van der Waals surface area contributed by atoms with E-state index in [9.17, 15) is 17.6 Å². The van der Waals surface area contributed by atoms with Crippen molar-refractivity contribution in [3.63, 3.8) is 0 Å². The molecule has 0 saturated carbocycles. The van der Waals surface area contributed by atoms with Crippen LogP contribution in [0.3, 0.4) is 0 Å². The predicted octanol–water partition coefficient (Wildman–Crippen LogP) is 5.98. The second kappa shape index (κ2) is 10.9. The van der Waals surface area contributed by atoms with Gasteiger partial charge in [-0.2, -0.15) is 23.3 Å². The first-order valence-corrected chi connectivity index (χ1v) is 11.4. The molecule has 190 valence electrons. The van der Waals surface area contributed by atoms with Gasteiger partial charge in [0, 0.05) is 18.8 Å². The zero-order chi connectivity index (χ0) is 25.7. The normalized spacial score (nSPS) is 16.5. The summed E-state index contributed by atoms with van der Waals surface area (Å²) in [6.45, 7) is 5.40. The highest BCUT2D eigenvalue weighted by atomic mass is 19.4. The molecule has 1 N–H and O–H groups in total. The van der Waals surface area contributed by atoms with Gasteiger partial charge in [-0.05, 0) is 43.7 Å². The van der Waals surface area contributed by atoms with E-state index in [1.807, 2.05) is 11.8 Å². The van der Waals surface area contributed by atoms with Gasteiger partial charge in [0.2, 0.25) is 0 Å². The van der Waals surface area contributed by atoms with E-state index in [0.717, 1.165) is 24.8 Å². The van der Waals surface area contributed by atoms with Crippen LogP contribution in [0.4, 0.5) is 40.7 Å². The van der Waals surface area contributed by atoms with Gasteiger partial charge in [0.1, 0.15) is 6.54 Å². The number of nitrogens with zero attached hydrogens (tertiary/aromatic N) is 6. The lowest BCUT2D eigenvalue weighted by atomic mass is 10.2. The van der Waals surface area contributed by atoms with Crippen LogP contribution >= 0.6 is 0 Å². The molecule has 1 fully saturated rings. The average Bonchev–Trinajstić information content (AvgIpc) is 2.86. The number of morpholine rings is 1. The molecule has 3 aromatic rings. The maximum Gasteiger partial charge on any atom is 0.416 e. The van der Waals surface area contributed by atoms with Crippen LogP contribution in [0.15, 0.2) is 52.8 Å². The minimum absolute atomic E-state index is 0.0125. The van der Waals surface area contributed by atoms with Gasteiger partial charge in [-0.15, -0.1) is 5.11 Å². The summed E-state index contributed by atoms with van der Waals surface area (Å²) >= 11 is 0. The fourth-order valence-corrected chi connectivity index (χ4v) is 3.71. The number of azo groups is 1. The number of anilines is 3. The van der Waals surface area contributed by atoms with Crippen molar-refractivity contribution in [2.24, 2.45) is 10.2 Å². The highest BCUT2D eigenvalue weighted by Crippen LogP contribution is 2.31. The Morgan fingerprint density at radius 2 is 2.03 bits per heavy atom. The molecule has 0 aliphatic carbocycles. The fourth-order valence-electron chi connectivity index (χ4n) is 3.71. The lowest BCUT2D eigenvalue weighted by molar-refractivity contribution is -0.137. The number of hydrogen-bond acceptors (Lipinski definition) is 8. The summed E-state index contributed by atoms with van der Waals surface area (Å²) in [6.07, 6.45) is -2.52. The third-order valence-electron chi connectivity index (χ3n) is 5.61. The van der Waals surface area contributed by atoms with E-state index in [4.69, 9.17) is 4.74 Å². The standard InChI is InChI=1S/C24H25F4N7O/c1-3-19-14-35(9-10-36-19)22-20(25)13-29-23(33-22)34-30-12-18-7-8-21(15(2)31-18)32-17-6-4-5-16(11-17)24(26,27)28/h4-8,11,13,19,32H,3,9-10,12,14H2,1-2H3. The number of hydrogen-bond donors (Lipinski definition) is 1. The maximum absolute atomic E-state index is 14.3. The number of ether oxygens (including phenoxy) is 1. The molecule has 1 aliphatic rings. The van der Waals surface area contributed by atoms with Crippen LogP contribution in [-0.2, 0) is 17.5 Å². The predicted molar refractivity (Wildman–Crippen MR) is 126 cm³/mol. The van der Waals surface area contributed by atoms with Crippen LogP contribution in [0.1, 0.15) is 30.3 Å². The average molecular weight is 504 g/mol. The van der Waals surface area contributed by atoms with Gasteiger partial charge in [0.25, 0.3) is 5.95 Å². The van der Waals surface area contributed by atoms with Crippen LogP contribution in [0, 0.1) is 12.7 Å². The van der Waals surface area contributed by atoms with E-state index in [-0.39, 0.29) is 24.4 Å². The second-order valence-corrected chi connectivity index (χ2v) is 8.23. The Bertz CT molecular complexity index is 1240. The van der Waals surface area contributed by atoms with Crippen molar-refractivity contribution in [1.29, 1.82) is 0 Å². The van der Waals surface area contributed by atoms with Gasteiger partial charge < -0.3 is 15.0 Å².